The number of nitrogens with zero attached hydrogens (tertiary/aromatic N) is 2. The highest BCUT2D eigenvalue weighted by Crippen LogP contribution is 2.22. The molecule has 0 aliphatic heterocycles. The van der Waals surface area contributed by atoms with Crippen LogP contribution in [0.25, 0.3) is 0 Å². The zero-order valence-corrected chi connectivity index (χ0v) is 9.13. The maximum Gasteiger partial charge on any atom is 0.369 e. The summed E-state index contributed by atoms with van der Waals surface area (Å²) >= 11 is 1.07. The molecule has 0 spiro atoms. The monoisotopic (exact) mass is 227 g/mol. The SMILES string of the molecule is Nc1nnc(C(=O)OC2CCCCC2)s1. The molecule has 1 aliphatic carbocycles. The second-order valence-corrected chi connectivity index (χ2v) is 4.62. The molecule has 6 heteroatoms. The molecule has 15 heavy (non-hydrogen) atoms. The van der Waals surface area contributed by atoms with Crippen LogP contribution in [0.15, 0.2) is 0 Å². The minimum atomic E-state index is -0.392. The molecule has 82 valence electrons. The summed E-state index contributed by atoms with van der Waals surface area (Å²) in [6, 6.07) is 0. The van der Waals surface area contributed by atoms with Gasteiger partial charge in [0.2, 0.25) is 10.1 Å². The van der Waals surface area contributed by atoms with Gasteiger partial charge in [0.05, 0.1) is 0 Å². The van der Waals surface area contributed by atoms with Crippen molar-refractivity contribution in [2.45, 2.75) is 38.2 Å². The highest BCUT2D eigenvalue weighted by atomic mass is 32.1. The van der Waals surface area contributed by atoms with Crippen molar-refractivity contribution in [1.82, 2.24) is 10.2 Å². The van der Waals surface area contributed by atoms with Crippen molar-refractivity contribution in [3.63, 3.8) is 0 Å². The third kappa shape index (κ3) is 2.65. The van der Waals surface area contributed by atoms with Crippen molar-refractivity contribution in [3.8, 4) is 0 Å². The highest BCUT2D eigenvalue weighted by Gasteiger charge is 2.21. The lowest BCUT2D eigenvalue weighted by Gasteiger charge is -2.20. The summed E-state index contributed by atoms with van der Waals surface area (Å²) in [5, 5.41) is 7.77. The van der Waals surface area contributed by atoms with Crippen molar-refractivity contribution < 1.29 is 9.53 Å². The fourth-order valence-corrected chi connectivity index (χ4v) is 2.19. The topological polar surface area (TPSA) is 78.1 Å². The van der Waals surface area contributed by atoms with E-state index in [-0.39, 0.29) is 11.1 Å². The maximum atomic E-state index is 11.6. The molecule has 1 heterocycles. The molecule has 0 unspecified atom stereocenters. The van der Waals surface area contributed by atoms with E-state index in [1.165, 1.54) is 6.42 Å². The van der Waals surface area contributed by atoms with Gasteiger partial charge in [0.1, 0.15) is 6.10 Å². The molecule has 0 saturated heterocycles. The molecular weight excluding hydrogens is 214 g/mol. The molecule has 0 aromatic carbocycles. The number of ether oxygens (including phenoxy) is 1. The smallest absolute Gasteiger partial charge is 0.369 e. The Morgan fingerprint density at radius 3 is 2.67 bits per heavy atom. The van der Waals surface area contributed by atoms with E-state index in [1.807, 2.05) is 0 Å². The lowest BCUT2D eigenvalue weighted by molar-refractivity contribution is 0.0210. The second-order valence-electron chi connectivity index (χ2n) is 3.61. The number of rotatable bonds is 2. The number of nitrogen functional groups attached to an aromatic ring is 1. The lowest BCUT2D eigenvalue weighted by Crippen LogP contribution is -2.20. The highest BCUT2D eigenvalue weighted by molar-refractivity contribution is 7.16. The average Bonchev–Trinajstić information content (AvgIpc) is 2.66. The minimum Gasteiger partial charge on any atom is -0.457 e. The van der Waals surface area contributed by atoms with E-state index >= 15 is 0 Å². The number of aromatic nitrogens is 2. The van der Waals surface area contributed by atoms with Crippen LogP contribution in [0.2, 0.25) is 0 Å². The number of nitrogens with two attached hydrogens (primary N) is 1. The fraction of sp³-hybridized carbons (Fsp3) is 0.667. The first-order valence-corrected chi connectivity index (χ1v) is 5.87. The maximum absolute atomic E-state index is 11.6. The number of carbonyl (C=O) groups is 1. The number of carbonyl (C=O) groups excluding carboxylic acids is 1. The van der Waals surface area contributed by atoms with Crippen molar-refractivity contribution in [3.05, 3.63) is 5.01 Å². The predicted octanol–water partition coefficient (Wildman–Crippen LogP) is 1.61. The van der Waals surface area contributed by atoms with Gasteiger partial charge in [-0.15, -0.1) is 10.2 Å². The van der Waals surface area contributed by atoms with E-state index in [0.717, 1.165) is 37.0 Å². The van der Waals surface area contributed by atoms with E-state index in [2.05, 4.69) is 10.2 Å². The van der Waals surface area contributed by atoms with Gasteiger partial charge < -0.3 is 10.5 Å². The van der Waals surface area contributed by atoms with Crippen molar-refractivity contribution in [2.24, 2.45) is 0 Å². The molecule has 1 aliphatic rings. The van der Waals surface area contributed by atoms with Gasteiger partial charge in [-0.05, 0) is 25.7 Å². The van der Waals surface area contributed by atoms with Crippen molar-refractivity contribution in [2.75, 3.05) is 5.73 Å². The van der Waals surface area contributed by atoms with Crippen LogP contribution in [0.3, 0.4) is 0 Å². The Labute approximate surface area is 91.6 Å². The second kappa shape index (κ2) is 4.57. The summed E-state index contributed by atoms with van der Waals surface area (Å²) in [7, 11) is 0. The molecule has 2 N–H and O–H groups in total. The Hall–Kier alpha value is -1.17. The van der Waals surface area contributed by atoms with Crippen molar-refractivity contribution >= 4 is 22.4 Å². The normalized spacial score (nSPS) is 17.6. The van der Waals surface area contributed by atoms with Crippen LogP contribution in [0.4, 0.5) is 5.13 Å². The number of anilines is 1. The Bertz CT molecular complexity index is 347. The molecule has 1 fully saturated rings. The Morgan fingerprint density at radius 2 is 2.07 bits per heavy atom. The largest absolute Gasteiger partial charge is 0.457 e. The van der Waals surface area contributed by atoms with Crippen molar-refractivity contribution in [1.29, 1.82) is 0 Å². The average molecular weight is 227 g/mol. The van der Waals surface area contributed by atoms with Gasteiger partial charge in [-0.3, -0.25) is 0 Å². The first-order valence-electron chi connectivity index (χ1n) is 5.05. The Balaban J connectivity index is 1.91. The molecule has 5 nitrogen and oxygen atoms in total. The minimum absolute atomic E-state index is 0.0522. The van der Waals surface area contributed by atoms with Gasteiger partial charge in [-0.2, -0.15) is 0 Å². The third-order valence-corrected chi connectivity index (χ3v) is 3.17. The summed E-state index contributed by atoms with van der Waals surface area (Å²) in [5.41, 5.74) is 5.39. The lowest BCUT2D eigenvalue weighted by atomic mass is 9.98. The summed E-state index contributed by atoms with van der Waals surface area (Å²) < 4.78 is 5.30. The van der Waals surface area contributed by atoms with Gasteiger partial charge in [0, 0.05) is 0 Å². The van der Waals surface area contributed by atoms with E-state index in [1.54, 1.807) is 0 Å². The van der Waals surface area contributed by atoms with E-state index in [0.29, 0.717) is 5.13 Å². The van der Waals surface area contributed by atoms with Gasteiger partial charge in [-0.1, -0.05) is 17.8 Å². The molecule has 2 rings (SSSR count). The summed E-state index contributed by atoms with van der Waals surface area (Å²) in [5.74, 6) is -0.392. The number of hydrogen-bond acceptors (Lipinski definition) is 6. The van der Waals surface area contributed by atoms with E-state index < -0.39 is 5.97 Å². The van der Waals surface area contributed by atoms with Crippen LogP contribution >= 0.6 is 11.3 Å². The number of esters is 1. The van der Waals surface area contributed by atoms with Gasteiger partial charge in [0.25, 0.3) is 0 Å². The Morgan fingerprint density at radius 1 is 1.33 bits per heavy atom. The molecule has 1 aromatic heterocycles. The summed E-state index contributed by atoms with van der Waals surface area (Å²) in [4.78, 5) is 11.6. The molecule has 0 bridgehead atoms. The van der Waals surface area contributed by atoms with E-state index in [4.69, 9.17) is 10.5 Å². The fourth-order valence-electron chi connectivity index (χ4n) is 1.70. The van der Waals surface area contributed by atoms with Crippen LogP contribution in [0.5, 0.6) is 0 Å². The molecule has 0 amide bonds. The van der Waals surface area contributed by atoms with Crippen LogP contribution < -0.4 is 5.73 Å². The van der Waals surface area contributed by atoms with Crippen LogP contribution in [-0.2, 0) is 4.74 Å². The predicted molar refractivity (Wildman–Crippen MR) is 56.6 cm³/mol. The summed E-state index contributed by atoms with van der Waals surface area (Å²) in [6.45, 7) is 0. The zero-order chi connectivity index (χ0) is 10.7. The molecule has 1 saturated carbocycles. The van der Waals surface area contributed by atoms with Crippen LogP contribution in [0, 0.1) is 0 Å². The van der Waals surface area contributed by atoms with Gasteiger partial charge >= 0.3 is 5.97 Å². The molecule has 0 atom stereocenters. The molecule has 0 radical (unpaired) electrons. The Kier molecular flexibility index (Phi) is 3.15. The first-order chi connectivity index (χ1) is 7.25. The zero-order valence-electron chi connectivity index (χ0n) is 8.31. The van der Waals surface area contributed by atoms with E-state index in [9.17, 15) is 4.79 Å². The summed E-state index contributed by atoms with van der Waals surface area (Å²) in [6.07, 6.45) is 5.48. The van der Waals surface area contributed by atoms with Crippen LogP contribution in [0.1, 0.15) is 41.9 Å². The third-order valence-electron chi connectivity index (χ3n) is 2.44. The van der Waals surface area contributed by atoms with Gasteiger partial charge in [-0.25, -0.2) is 4.79 Å². The number of hydrogen-bond donors (Lipinski definition) is 1. The molecular formula is C9H13N3O2S. The van der Waals surface area contributed by atoms with Crippen LogP contribution in [-0.4, -0.2) is 22.3 Å². The standard InChI is InChI=1S/C9H13N3O2S/c10-9-12-11-7(15-9)8(13)14-6-4-2-1-3-5-6/h6H,1-5H2,(H2,10,12). The molecule has 1 aromatic rings. The van der Waals surface area contributed by atoms with Gasteiger partial charge in [0.15, 0.2) is 0 Å². The quantitative estimate of drug-likeness (QED) is 0.776. The first kappa shape index (κ1) is 10.4.